The maximum atomic E-state index is 11.8. The Kier molecular flexibility index (Phi) is 5.37. The summed E-state index contributed by atoms with van der Waals surface area (Å²) in [5, 5.41) is 0. The first-order chi connectivity index (χ1) is 8.06. The molecular weight excluding hydrogens is 222 g/mol. The molecule has 6 nitrogen and oxygen atoms in total. The highest BCUT2D eigenvalue weighted by molar-refractivity contribution is 5.88. The second-order valence-corrected chi connectivity index (χ2v) is 4.34. The van der Waals surface area contributed by atoms with Gasteiger partial charge in [0.2, 0.25) is 5.91 Å². The van der Waals surface area contributed by atoms with Gasteiger partial charge >= 0.3 is 0 Å². The number of carbonyl (C=O) groups excluding carboxylic acids is 2. The normalized spacial score (nSPS) is 22.4. The van der Waals surface area contributed by atoms with Crippen LogP contribution in [0, 0.1) is 0 Å². The fraction of sp³-hybridized carbons (Fsp3) is 0.818. The van der Waals surface area contributed by atoms with Gasteiger partial charge in [0.15, 0.2) is 0 Å². The molecule has 3 N–H and O–H groups in total. The zero-order chi connectivity index (χ0) is 12.8. The van der Waals surface area contributed by atoms with E-state index in [1.54, 1.807) is 11.8 Å². The van der Waals surface area contributed by atoms with E-state index >= 15 is 0 Å². The molecule has 0 saturated carbocycles. The Balaban J connectivity index is 2.46. The number of hydrogen-bond donors (Lipinski definition) is 2. The van der Waals surface area contributed by atoms with E-state index in [2.05, 4.69) is 5.48 Å². The molecule has 1 fully saturated rings. The van der Waals surface area contributed by atoms with Gasteiger partial charge in [-0.1, -0.05) is 0 Å². The van der Waals surface area contributed by atoms with Crippen LogP contribution in [-0.4, -0.2) is 41.9 Å². The lowest BCUT2D eigenvalue weighted by Crippen LogP contribution is -2.52. The molecule has 0 aliphatic carbocycles. The fourth-order valence-corrected chi connectivity index (χ4v) is 1.90. The highest BCUT2D eigenvalue weighted by Crippen LogP contribution is 2.17. The first kappa shape index (κ1) is 13.9. The van der Waals surface area contributed by atoms with Gasteiger partial charge in [-0.2, -0.15) is 0 Å². The molecule has 1 saturated heterocycles. The molecule has 2 atom stereocenters. The van der Waals surface area contributed by atoms with Crippen molar-refractivity contribution in [3.63, 3.8) is 0 Å². The summed E-state index contributed by atoms with van der Waals surface area (Å²) in [4.78, 5) is 30.0. The van der Waals surface area contributed by atoms with Crippen LogP contribution in [0.2, 0.25) is 0 Å². The van der Waals surface area contributed by atoms with E-state index in [1.807, 2.05) is 6.92 Å². The summed E-state index contributed by atoms with van der Waals surface area (Å²) in [5.74, 6) is -0.230. The van der Waals surface area contributed by atoms with Gasteiger partial charge < -0.3 is 10.6 Å². The highest BCUT2D eigenvalue weighted by atomic mass is 16.7. The molecule has 2 amide bonds. The molecule has 0 spiro atoms. The maximum absolute atomic E-state index is 11.8. The smallest absolute Gasteiger partial charge is 0.266 e. The summed E-state index contributed by atoms with van der Waals surface area (Å²) in [5.41, 5.74) is 7.85. The lowest BCUT2D eigenvalue weighted by atomic mass is 10.0. The zero-order valence-electron chi connectivity index (χ0n) is 10.4. The molecule has 0 aromatic heterocycles. The lowest BCUT2D eigenvalue weighted by Gasteiger charge is -2.33. The fourth-order valence-electron chi connectivity index (χ4n) is 1.90. The Labute approximate surface area is 101 Å². The molecule has 0 aromatic carbocycles. The van der Waals surface area contributed by atoms with Crippen LogP contribution < -0.4 is 11.2 Å². The van der Waals surface area contributed by atoms with Crippen molar-refractivity contribution in [1.29, 1.82) is 0 Å². The Morgan fingerprint density at radius 3 is 3.00 bits per heavy atom. The van der Waals surface area contributed by atoms with Gasteiger partial charge in [0.05, 0.1) is 6.61 Å². The van der Waals surface area contributed by atoms with Crippen molar-refractivity contribution < 1.29 is 14.4 Å². The quantitative estimate of drug-likeness (QED) is 0.654. The van der Waals surface area contributed by atoms with Crippen molar-refractivity contribution >= 4 is 11.8 Å². The standard InChI is InChI=1S/C11H21N3O3/c1-3-14-9(5-4-6-10(14)15)11(16)13-17-7-8(2)12/h8-9H,3-7,12H2,1-2H3,(H,13,16)/t8-,9+/m1/s1. The number of likely N-dealkylation sites (tertiary alicyclic amines) is 1. The SMILES string of the molecule is CCN1C(=O)CCC[C@H]1C(=O)NOC[C@@H](C)N. The monoisotopic (exact) mass is 243 g/mol. The van der Waals surface area contributed by atoms with Crippen LogP contribution in [0.15, 0.2) is 0 Å². The minimum atomic E-state index is -0.408. The van der Waals surface area contributed by atoms with Crippen LogP contribution in [0.4, 0.5) is 0 Å². The summed E-state index contributed by atoms with van der Waals surface area (Å²) in [6.45, 7) is 4.46. The summed E-state index contributed by atoms with van der Waals surface area (Å²) >= 11 is 0. The number of nitrogens with zero attached hydrogens (tertiary/aromatic N) is 1. The second kappa shape index (κ2) is 6.56. The molecule has 6 heteroatoms. The molecule has 1 aliphatic heterocycles. The van der Waals surface area contributed by atoms with Gasteiger partial charge in [-0.05, 0) is 26.7 Å². The van der Waals surface area contributed by atoms with Gasteiger partial charge in [-0.25, -0.2) is 5.48 Å². The number of nitrogens with one attached hydrogen (secondary N) is 1. The average molecular weight is 243 g/mol. The zero-order valence-corrected chi connectivity index (χ0v) is 10.4. The largest absolute Gasteiger partial charge is 0.331 e. The van der Waals surface area contributed by atoms with Crippen LogP contribution in [-0.2, 0) is 14.4 Å². The molecule has 1 aliphatic rings. The van der Waals surface area contributed by atoms with E-state index in [9.17, 15) is 9.59 Å². The molecule has 17 heavy (non-hydrogen) atoms. The first-order valence-electron chi connectivity index (χ1n) is 6.03. The lowest BCUT2D eigenvalue weighted by molar-refractivity contribution is -0.149. The van der Waals surface area contributed by atoms with E-state index in [0.29, 0.717) is 19.4 Å². The predicted molar refractivity (Wildman–Crippen MR) is 62.8 cm³/mol. The van der Waals surface area contributed by atoms with Gasteiger partial charge in [0.25, 0.3) is 5.91 Å². The summed E-state index contributed by atoms with van der Waals surface area (Å²) in [6, 6.07) is -0.542. The molecule has 98 valence electrons. The highest BCUT2D eigenvalue weighted by Gasteiger charge is 2.32. The van der Waals surface area contributed by atoms with Crippen molar-refractivity contribution in [2.24, 2.45) is 5.73 Å². The van der Waals surface area contributed by atoms with Crippen molar-refractivity contribution in [3.05, 3.63) is 0 Å². The molecule has 0 aromatic rings. The minimum absolute atomic E-state index is 0.0334. The number of hydrogen-bond acceptors (Lipinski definition) is 4. The topological polar surface area (TPSA) is 84.7 Å². The molecular formula is C11H21N3O3. The summed E-state index contributed by atoms with van der Waals surface area (Å²) < 4.78 is 0. The van der Waals surface area contributed by atoms with Crippen molar-refractivity contribution in [1.82, 2.24) is 10.4 Å². The number of rotatable bonds is 5. The van der Waals surface area contributed by atoms with Crippen LogP contribution in [0.5, 0.6) is 0 Å². The Morgan fingerprint density at radius 1 is 1.71 bits per heavy atom. The number of carbonyl (C=O) groups is 2. The van der Waals surface area contributed by atoms with E-state index < -0.39 is 6.04 Å². The third-order valence-corrected chi connectivity index (χ3v) is 2.73. The van der Waals surface area contributed by atoms with Gasteiger partial charge in [-0.15, -0.1) is 0 Å². The maximum Gasteiger partial charge on any atom is 0.266 e. The van der Waals surface area contributed by atoms with E-state index in [-0.39, 0.29) is 24.5 Å². The number of amides is 2. The molecule has 0 bridgehead atoms. The van der Waals surface area contributed by atoms with Crippen molar-refractivity contribution in [2.45, 2.75) is 45.2 Å². The van der Waals surface area contributed by atoms with E-state index in [1.165, 1.54) is 0 Å². The molecule has 0 unspecified atom stereocenters. The van der Waals surface area contributed by atoms with Crippen LogP contribution in [0.25, 0.3) is 0 Å². The summed E-state index contributed by atoms with van der Waals surface area (Å²) in [7, 11) is 0. The Morgan fingerprint density at radius 2 is 2.41 bits per heavy atom. The third-order valence-electron chi connectivity index (χ3n) is 2.73. The van der Waals surface area contributed by atoms with E-state index in [0.717, 1.165) is 6.42 Å². The first-order valence-corrected chi connectivity index (χ1v) is 6.03. The van der Waals surface area contributed by atoms with Crippen LogP contribution in [0.1, 0.15) is 33.1 Å². The van der Waals surface area contributed by atoms with E-state index in [4.69, 9.17) is 10.6 Å². The van der Waals surface area contributed by atoms with Crippen molar-refractivity contribution in [3.8, 4) is 0 Å². The summed E-state index contributed by atoms with van der Waals surface area (Å²) in [6.07, 6.45) is 1.96. The van der Waals surface area contributed by atoms with Crippen LogP contribution in [0.3, 0.4) is 0 Å². The Bertz CT molecular complexity index is 281. The number of piperidine rings is 1. The molecule has 1 rings (SSSR count). The van der Waals surface area contributed by atoms with Gasteiger partial charge in [-0.3, -0.25) is 14.4 Å². The number of nitrogens with two attached hydrogens (primary N) is 1. The Hall–Kier alpha value is -1.14. The average Bonchev–Trinajstić information content (AvgIpc) is 2.28. The van der Waals surface area contributed by atoms with Gasteiger partial charge in [0.1, 0.15) is 6.04 Å². The van der Waals surface area contributed by atoms with Crippen molar-refractivity contribution in [2.75, 3.05) is 13.2 Å². The van der Waals surface area contributed by atoms with Gasteiger partial charge in [0, 0.05) is 19.0 Å². The number of hydroxylamine groups is 1. The number of likely N-dealkylation sites (N-methyl/N-ethyl adjacent to an activating group) is 1. The minimum Gasteiger partial charge on any atom is -0.331 e. The van der Waals surface area contributed by atoms with Crippen LogP contribution >= 0.6 is 0 Å². The molecule has 0 radical (unpaired) electrons. The molecule has 1 heterocycles. The second-order valence-electron chi connectivity index (χ2n) is 4.34. The predicted octanol–water partition coefficient (Wildman–Crippen LogP) is -0.218. The third kappa shape index (κ3) is 3.98.